The van der Waals surface area contributed by atoms with Gasteiger partial charge in [0.1, 0.15) is 6.10 Å². The summed E-state index contributed by atoms with van der Waals surface area (Å²) in [7, 11) is 0. The molecule has 17 heavy (non-hydrogen) atoms. The number of cyclic esters (lactones) is 1. The predicted octanol–water partition coefficient (Wildman–Crippen LogP) is 3.49. The molecule has 0 radical (unpaired) electrons. The number of hydrogen-bond acceptors (Lipinski definition) is 3. The van der Waals surface area contributed by atoms with Gasteiger partial charge >= 0.3 is 6.09 Å². The molecule has 0 N–H and O–H groups in total. The Morgan fingerprint density at radius 3 is 2.76 bits per heavy atom. The summed E-state index contributed by atoms with van der Waals surface area (Å²) in [4.78, 5) is 14.3. The lowest BCUT2D eigenvalue weighted by Crippen LogP contribution is -2.24. The standard InChI is InChI=1S/C13H17NO2S/c1-2-3-4-11-9-14(13(15)16-11)10-5-7-12(17)8-6-10/h5-8,11,17H,2-4,9H2,1H3. The summed E-state index contributed by atoms with van der Waals surface area (Å²) in [5.41, 5.74) is 0.881. The zero-order valence-corrected chi connectivity index (χ0v) is 10.8. The summed E-state index contributed by atoms with van der Waals surface area (Å²) in [6, 6.07) is 7.55. The van der Waals surface area contributed by atoms with Crippen LogP contribution in [0.15, 0.2) is 29.2 Å². The second-order valence-electron chi connectivity index (χ2n) is 4.27. The molecular formula is C13H17NO2S. The number of unbranched alkanes of at least 4 members (excludes halogenated alkanes) is 1. The normalized spacial score (nSPS) is 19.5. The zero-order valence-electron chi connectivity index (χ0n) is 9.93. The van der Waals surface area contributed by atoms with E-state index in [-0.39, 0.29) is 12.2 Å². The van der Waals surface area contributed by atoms with Crippen LogP contribution in [0.1, 0.15) is 26.2 Å². The molecule has 0 aromatic heterocycles. The molecule has 1 fully saturated rings. The molecule has 1 aliphatic rings. The smallest absolute Gasteiger partial charge is 0.414 e. The summed E-state index contributed by atoms with van der Waals surface area (Å²) in [6.07, 6.45) is 2.98. The number of hydrogen-bond donors (Lipinski definition) is 1. The highest BCUT2D eigenvalue weighted by Crippen LogP contribution is 2.24. The third-order valence-electron chi connectivity index (χ3n) is 2.92. The minimum absolute atomic E-state index is 0.0399. The second-order valence-corrected chi connectivity index (χ2v) is 4.79. The molecule has 2 rings (SSSR count). The lowest BCUT2D eigenvalue weighted by atomic mass is 10.1. The maximum atomic E-state index is 11.7. The average Bonchev–Trinajstić information content (AvgIpc) is 2.69. The van der Waals surface area contributed by atoms with Crippen LogP contribution >= 0.6 is 12.6 Å². The van der Waals surface area contributed by atoms with Gasteiger partial charge in [-0.05, 0) is 37.1 Å². The van der Waals surface area contributed by atoms with Crippen LogP contribution < -0.4 is 4.90 Å². The van der Waals surface area contributed by atoms with E-state index in [0.29, 0.717) is 6.54 Å². The van der Waals surface area contributed by atoms with Crippen molar-refractivity contribution in [2.24, 2.45) is 0 Å². The van der Waals surface area contributed by atoms with Gasteiger partial charge in [0.05, 0.1) is 6.54 Å². The number of amides is 1. The van der Waals surface area contributed by atoms with Gasteiger partial charge in [0.15, 0.2) is 0 Å². The van der Waals surface area contributed by atoms with Crippen molar-refractivity contribution in [1.29, 1.82) is 0 Å². The van der Waals surface area contributed by atoms with Gasteiger partial charge in [-0.2, -0.15) is 0 Å². The Labute approximate surface area is 107 Å². The van der Waals surface area contributed by atoms with E-state index in [2.05, 4.69) is 19.6 Å². The molecular weight excluding hydrogens is 234 g/mol. The van der Waals surface area contributed by atoms with Crippen LogP contribution in [-0.2, 0) is 4.74 Å². The number of ether oxygens (including phenoxy) is 1. The van der Waals surface area contributed by atoms with Crippen molar-refractivity contribution < 1.29 is 9.53 Å². The predicted molar refractivity (Wildman–Crippen MR) is 70.8 cm³/mol. The van der Waals surface area contributed by atoms with Crippen molar-refractivity contribution in [3.05, 3.63) is 24.3 Å². The average molecular weight is 251 g/mol. The Morgan fingerprint density at radius 1 is 1.41 bits per heavy atom. The van der Waals surface area contributed by atoms with Crippen molar-refractivity contribution >= 4 is 24.4 Å². The number of rotatable bonds is 4. The number of anilines is 1. The fourth-order valence-electron chi connectivity index (χ4n) is 1.95. The van der Waals surface area contributed by atoms with E-state index in [1.807, 2.05) is 24.3 Å². The molecule has 0 saturated carbocycles. The highest BCUT2D eigenvalue weighted by atomic mass is 32.1. The van der Waals surface area contributed by atoms with Crippen molar-refractivity contribution in [2.75, 3.05) is 11.4 Å². The van der Waals surface area contributed by atoms with Gasteiger partial charge in [0, 0.05) is 10.6 Å². The van der Waals surface area contributed by atoms with E-state index in [9.17, 15) is 4.79 Å². The molecule has 1 saturated heterocycles. The highest BCUT2D eigenvalue weighted by Gasteiger charge is 2.31. The zero-order chi connectivity index (χ0) is 12.3. The largest absolute Gasteiger partial charge is 0.444 e. The van der Waals surface area contributed by atoms with Crippen LogP contribution in [0.2, 0.25) is 0 Å². The van der Waals surface area contributed by atoms with E-state index in [1.54, 1.807) is 4.90 Å². The van der Waals surface area contributed by atoms with Crippen LogP contribution in [0.5, 0.6) is 0 Å². The monoisotopic (exact) mass is 251 g/mol. The van der Waals surface area contributed by atoms with Crippen LogP contribution in [-0.4, -0.2) is 18.7 Å². The Morgan fingerprint density at radius 2 is 2.12 bits per heavy atom. The number of benzene rings is 1. The van der Waals surface area contributed by atoms with Crippen molar-refractivity contribution in [1.82, 2.24) is 0 Å². The van der Waals surface area contributed by atoms with E-state index in [0.717, 1.165) is 29.8 Å². The molecule has 1 aromatic carbocycles. The van der Waals surface area contributed by atoms with Gasteiger partial charge in [-0.25, -0.2) is 4.79 Å². The molecule has 0 bridgehead atoms. The van der Waals surface area contributed by atoms with Crippen LogP contribution in [0.3, 0.4) is 0 Å². The lowest BCUT2D eigenvalue weighted by Gasteiger charge is -2.12. The molecule has 0 aliphatic carbocycles. The SMILES string of the molecule is CCCCC1CN(c2ccc(S)cc2)C(=O)O1. The van der Waals surface area contributed by atoms with Gasteiger partial charge < -0.3 is 4.74 Å². The second kappa shape index (κ2) is 5.45. The number of nitrogens with zero attached hydrogens (tertiary/aromatic N) is 1. The number of thiol groups is 1. The first-order valence-electron chi connectivity index (χ1n) is 5.98. The molecule has 1 unspecified atom stereocenters. The molecule has 3 nitrogen and oxygen atoms in total. The first-order valence-corrected chi connectivity index (χ1v) is 6.42. The fraction of sp³-hybridized carbons (Fsp3) is 0.462. The summed E-state index contributed by atoms with van der Waals surface area (Å²) in [5, 5.41) is 0. The Bertz CT molecular complexity index is 391. The maximum absolute atomic E-state index is 11.7. The minimum atomic E-state index is -0.238. The molecule has 1 amide bonds. The van der Waals surface area contributed by atoms with E-state index < -0.39 is 0 Å². The van der Waals surface area contributed by atoms with Crippen molar-refractivity contribution in [3.63, 3.8) is 0 Å². The van der Waals surface area contributed by atoms with Gasteiger partial charge in [0.25, 0.3) is 0 Å². The first-order chi connectivity index (χ1) is 8.20. The van der Waals surface area contributed by atoms with Gasteiger partial charge in [0.2, 0.25) is 0 Å². The van der Waals surface area contributed by atoms with Crippen LogP contribution in [0, 0.1) is 0 Å². The third kappa shape index (κ3) is 2.94. The Balaban J connectivity index is 2.02. The van der Waals surface area contributed by atoms with E-state index in [1.165, 1.54) is 0 Å². The van der Waals surface area contributed by atoms with Crippen LogP contribution in [0.4, 0.5) is 10.5 Å². The Hall–Kier alpha value is -1.16. The highest BCUT2D eigenvalue weighted by molar-refractivity contribution is 7.80. The topological polar surface area (TPSA) is 29.5 Å². The summed E-state index contributed by atoms with van der Waals surface area (Å²) in [6.45, 7) is 2.80. The fourth-order valence-corrected chi connectivity index (χ4v) is 2.10. The minimum Gasteiger partial charge on any atom is -0.444 e. The number of carbonyl (C=O) groups excluding carboxylic acids is 1. The maximum Gasteiger partial charge on any atom is 0.414 e. The summed E-state index contributed by atoms with van der Waals surface area (Å²) < 4.78 is 5.33. The van der Waals surface area contributed by atoms with Gasteiger partial charge in [-0.15, -0.1) is 12.6 Å². The first kappa shape index (κ1) is 12.3. The van der Waals surface area contributed by atoms with Crippen LogP contribution in [0.25, 0.3) is 0 Å². The number of carbonyl (C=O) groups is 1. The summed E-state index contributed by atoms with van der Waals surface area (Å²) >= 11 is 4.23. The lowest BCUT2D eigenvalue weighted by molar-refractivity contribution is 0.135. The summed E-state index contributed by atoms with van der Waals surface area (Å²) in [5.74, 6) is 0. The quantitative estimate of drug-likeness (QED) is 0.830. The third-order valence-corrected chi connectivity index (χ3v) is 3.21. The van der Waals surface area contributed by atoms with Crippen molar-refractivity contribution in [3.8, 4) is 0 Å². The molecule has 4 heteroatoms. The van der Waals surface area contributed by atoms with Crippen molar-refractivity contribution in [2.45, 2.75) is 37.2 Å². The molecule has 0 spiro atoms. The molecule has 1 aliphatic heterocycles. The molecule has 1 heterocycles. The van der Waals surface area contributed by atoms with Gasteiger partial charge in [-0.1, -0.05) is 13.3 Å². The van der Waals surface area contributed by atoms with E-state index >= 15 is 0 Å². The molecule has 92 valence electrons. The molecule has 1 atom stereocenters. The van der Waals surface area contributed by atoms with E-state index in [4.69, 9.17) is 4.74 Å². The Kier molecular flexibility index (Phi) is 3.94. The van der Waals surface area contributed by atoms with Gasteiger partial charge in [-0.3, -0.25) is 4.90 Å². The molecule has 1 aromatic rings.